The van der Waals surface area contributed by atoms with Crippen LogP contribution in [0, 0.1) is 0 Å². The normalized spacial score (nSPS) is 10.3. The minimum absolute atomic E-state index is 0.191. The molecule has 2 rings (SSSR count). The highest BCUT2D eigenvalue weighted by molar-refractivity contribution is 7.20. The van der Waals surface area contributed by atoms with E-state index < -0.39 is 0 Å². The van der Waals surface area contributed by atoms with Crippen LogP contribution in [-0.4, -0.2) is 26.6 Å². The summed E-state index contributed by atoms with van der Waals surface area (Å²) >= 11 is 12.9. The first kappa shape index (κ1) is 15.9. The van der Waals surface area contributed by atoms with Crippen LogP contribution in [0.25, 0.3) is 0 Å². The number of thiophene rings is 1. The van der Waals surface area contributed by atoms with Crippen LogP contribution in [0.5, 0.6) is 17.2 Å². The second kappa shape index (κ2) is 7.02. The molecule has 0 atom stereocenters. The van der Waals surface area contributed by atoms with Crippen LogP contribution in [0.3, 0.4) is 0 Å². The van der Waals surface area contributed by atoms with Crippen molar-refractivity contribution in [1.29, 1.82) is 0 Å². The van der Waals surface area contributed by atoms with Crippen molar-refractivity contribution in [3.05, 3.63) is 38.5 Å². The van der Waals surface area contributed by atoms with Crippen LogP contribution in [0.4, 0.5) is 0 Å². The third-order valence-electron chi connectivity index (χ3n) is 2.69. The molecule has 1 aromatic heterocycles. The molecule has 0 saturated heterocycles. The molecule has 21 heavy (non-hydrogen) atoms. The predicted octanol–water partition coefficient (Wildman–Crippen LogP) is 4.33. The Hall–Kier alpha value is -1.43. The first-order chi connectivity index (χ1) is 10.1. The number of hydrogen-bond acceptors (Lipinski definition) is 5. The molecule has 0 saturated carbocycles. The Morgan fingerprint density at radius 2 is 1.81 bits per heavy atom. The highest BCUT2D eigenvalue weighted by Crippen LogP contribution is 2.37. The molecule has 0 aliphatic carbocycles. The Bertz CT molecular complexity index is 632. The average Bonchev–Trinajstić information content (AvgIpc) is 2.83. The summed E-state index contributed by atoms with van der Waals surface area (Å²) in [6.45, 7) is -0.191. The van der Waals surface area contributed by atoms with Crippen molar-refractivity contribution >= 4 is 40.3 Å². The zero-order chi connectivity index (χ0) is 15.4. The van der Waals surface area contributed by atoms with E-state index in [1.807, 2.05) is 0 Å². The molecular weight excluding hydrogens is 335 g/mol. The van der Waals surface area contributed by atoms with Crippen molar-refractivity contribution in [2.24, 2.45) is 0 Å². The predicted molar refractivity (Wildman–Crippen MR) is 83.7 cm³/mol. The smallest absolute Gasteiger partial charge is 0.203 e. The van der Waals surface area contributed by atoms with Crippen molar-refractivity contribution in [2.45, 2.75) is 0 Å². The molecule has 0 bridgehead atoms. The molecule has 2 aromatic rings. The third-order valence-corrected chi connectivity index (χ3v) is 4.17. The van der Waals surface area contributed by atoms with E-state index in [9.17, 15) is 4.79 Å². The lowest BCUT2D eigenvalue weighted by atomic mass is 10.2. The van der Waals surface area contributed by atoms with Gasteiger partial charge in [0.2, 0.25) is 11.5 Å². The number of ether oxygens (including phenoxy) is 3. The van der Waals surface area contributed by atoms with Gasteiger partial charge in [0, 0.05) is 0 Å². The molecular formula is C14H12Cl2O4S. The van der Waals surface area contributed by atoms with Gasteiger partial charge in [-0.05, 0) is 18.2 Å². The zero-order valence-electron chi connectivity index (χ0n) is 11.3. The Morgan fingerprint density at radius 1 is 1.19 bits per heavy atom. The highest BCUT2D eigenvalue weighted by Gasteiger charge is 2.17. The van der Waals surface area contributed by atoms with Gasteiger partial charge >= 0.3 is 0 Å². The second-order valence-electron chi connectivity index (χ2n) is 3.94. The van der Waals surface area contributed by atoms with Crippen LogP contribution in [0.1, 0.15) is 10.4 Å². The van der Waals surface area contributed by atoms with Crippen LogP contribution in [0.15, 0.2) is 24.3 Å². The maximum absolute atomic E-state index is 12.1. The fraction of sp³-hybridized carbons (Fsp3) is 0.214. The topological polar surface area (TPSA) is 44.8 Å². The molecule has 0 N–H and O–H groups in total. The summed E-state index contributed by atoms with van der Waals surface area (Å²) in [6, 6.07) is 6.73. The zero-order valence-corrected chi connectivity index (χ0v) is 13.6. The number of carbonyl (C=O) groups excluding carboxylic acids is 1. The molecule has 7 heteroatoms. The fourth-order valence-electron chi connectivity index (χ4n) is 1.71. The number of hydrogen-bond donors (Lipinski definition) is 0. The van der Waals surface area contributed by atoms with Crippen LogP contribution < -0.4 is 14.2 Å². The highest BCUT2D eigenvalue weighted by atomic mass is 35.5. The van der Waals surface area contributed by atoms with E-state index in [2.05, 4.69) is 0 Å². The third kappa shape index (κ3) is 3.61. The Morgan fingerprint density at radius 3 is 2.29 bits per heavy atom. The molecule has 0 fully saturated rings. The second-order valence-corrected chi connectivity index (χ2v) is 6.23. The monoisotopic (exact) mass is 346 g/mol. The summed E-state index contributed by atoms with van der Waals surface area (Å²) in [5.74, 6) is 1.07. The summed E-state index contributed by atoms with van der Waals surface area (Å²) in [4.78, 5) is 12.1. The molecule has 0 spiro atoms. The van der Waals surface area contributed by atoms with Crippen molar-refractivity contribution < 1.29 is 19.0 Å². The van der Waals surface area contributed by atoms with Gasteiger partial charge < -0.3 is 14.2 Å². The minimum Gasteiger partial charge on any atom is -0.493 e. The van der Waals surface area contributed by atoms with E-state index in [0.717, 1.165) is 11.3 Å². The quantitative estimate of drug-likeness (QED) is 0.730. The van der Waals surface area contributed by atoms with E-state index >= 15 is 0 Å². The number of methoxy groups -OCH3 is 2. The van der Waals surface area contributed by atoms with Gasteiger partial charge in [-0.2, -0.15) is 0 Å². The number of halogens is 2. The number of Topliss-reactive ketones (excluding diaryl/α,β-unsaturated/α-hetero) is 1. The lowest BCUT2D eigenvalue weighted by Gasteiger charge is -2.13. The number of carbonyl (C=O) groups is 1. The number of rotatable bonds is 6. The van der Waals surface area contributed by atoms with E-state index in [-0.39, 0.29) is 12.4 Å². The molecule has 4 nitrogen and oxygen atoms in total. The maximum Gasteiger partial charge on any atom is 0.203 e. The van der Waals surface area contributed by atoms with E-state index in [0.29, 0.717) is 31.5 Å². The average molecular weight is 347 g/mol. The van der Waals surface area contributed by atoms with Gasteiger partial charge in [0.1, 0.15) is 4.34 Å². The van der Waals surface area contributed by atoms with Gasteiger partial charge in [-0.15, -0.1) is 11.3 Å². The fourth-order valence-corrected chi connectivity index (χ4v) is 3.20. The Kier molecular flexibility index (Phi) is 5.33. The molecule has 0 amide bonds. The minimum atomic E-state index is -0.267. The van der Waals surface area contributed by atoms with Crippen molar-refractivity contribution in [3.63, 3.8) is 0 Å². The largest absolute Gasteiger partial charge is 0.493 e. The van der Waals surface area contributed by atoms with Gasteiger partial charge in [0.15, 0.2) is 18.1 Å². The molecule has 1 aromatic carbocycles. The maximum atomic E-state index is 12.1. The molecule has 0 unspecified atom stereocenters. The SMILES string of the molecule is COc1cccc(OC)c1OCC(=O)c1cc(Cl)sc1Cl. The Balaban J connectivity index is 2.16. The van der Waals surface area contributed by atoms with Gasteiger partial charge in [-0.25, -0.2) is 0 Å². The van der Waals surface area contributed by atoms with E-state index in [4.69, 9.17) is 37.4 Å². The summed E-state index contributed by atoms with van der Waals surface area (Å²) in [7, 11) is 3.03. The summed E-state index contributed by atoms with van der Waals surface area (Å²) in [5, 5.41) is 0. The summed E-state index contributed by atoms with van der Waals surface area (Å²) < 4.78 is 16.7. The van der Waals surface area contributed by atoms with Crippen LogP contribution in [-0.2, 0) is 0 Å². The van der Waals surface area contributed by atoms with E-state index in [1.54, 1.807) is 18.2 Å². The summed E-state index contributed by atoms with van der Waals surface area (Å²) in [5.41, 5.74) is 0.348. The lowest BCUT2D eigenvalue weighted by Crippen LogP contribution is -2.12. The molecule has 0 radical (unpaired) electrons. The van der Waals surface area contributed by atoms with Crippen molar-refractivity contribution in [1.82, 2.24) is 0 Å². The van der Waals surface area contributed by atoms with Crippen molar-refractivity contribution in [2.75, 3.05) is 20.8 Å². The number of para-hydroxylation sites is 1. The number of benzene rings is 1. The standard InChI is InChI=1S/C14H12Cl2O4S/c1-18-10-4-3-5-11(19-2)13(10)20-7-9(17)8-6-12(15)21-14(8)16/h3-6H,7H2,1-2H3. The van der Waals surface area contributed by atoms with E-state index in [1.165, 1.54) is 20.3 Å². The first-order valence-corrected chi connectivity index (χ1v) is 7.46. The molecule has 0 aliphatic rings. The molecule has 1 heterocycles. The first-order valence-electron chi connectivity index (χ1n) is 5.88. The van der Waals surface area contributed by atoms with Crippen molar-refractivity contribution in [3.8, 4) is 17.2 Å². The lowest BCUT2D eigenvalue weighted by molar-refractivity contribution is 0.0918. The van der Waals surface area contributed by atoms with Gasteiger partial charge in [0.05, 0.1) is 24.1 Å². The molecule has 0 aliphatic heterocycles. The Labute approximate surface area is 136 Å². The van der Waals surface area contributed by atoms with Crippen LogP contribution in [0.2, 0.25) is 8.67 Å². The summed E-state index contributed by atoms with van der Waals surface area (Å²) in [6.07, 6.45) is 0. The molecule has 112 valence electrons. The van der Waals surface area contributed by atoms with Gasteiger partial charge in [-0.1, -0.05) is 29.3 Å². The van der Waals surface area contributed by atoms with Gasteiger partial charge in [-0.3, -0.25) is 4.79 Å². The van der Waals surface area contributed by atoms with Gasteiger partial charge in [0.25, 0.3) is 0 Å². The number of ketones is 1. The van der Waals surface area contributed by atoms with Crippen LogP contribution >= 0.6 is 34.5 Å².